The van der Waals surface area contributed by atoms with E-state index in [1.54, 1.807) is 6.20 Å². The zero-order valence-electron chi connectivity index (χ0n) is 14.9. The molecule has 5 nitrogen and oxygen atoms in total. The van der Waals surface area contributed by atoms with Crippen molar-refractivity contribution in [2.75, 3.05) is 18.4 Å². The number of hydrogen-bond acceptors (Lipinski definition) is 5. The van der Waals surface area contributed by atoms with E-state index in [4.69, 9.17) is 5.26 Å². The van der Waals surface area contributed by atoms with Gasteiger partial charge in [-0.3, -0.25) is 4.90 Å². The van der Waals surface area contributed by atoms with Gasteiger partial charge in [-0.05, 0) is 29.4 Å². The van der Waals surface area contributed by atoms with E-state index in [0.29, 0.717) is 18.1 Å². The van der Waals surface area contributed by atoms with E-state index in [-0.39, 0.29) is 0 Å². The van der Waals surface area contributed by atoms with Gasteiger partial charge in [-0.25, -0.2) is 9.97 Å². The fraction of sp³-hybridized carbons (Fsp3) is 0.450. The molecule has 1 aliphatic rings. The molecule has 0 amide bonds. The van der Waals surface area contributed by atoms with Crippen LogP contribution in [0.5, 0.6) is 0 Å². The van der Waals surface area contributed by atoms with Crippen LogP contribution in [0.3, 0.4) is 0 Å². The Labute approximate surface area is 149 Å². The minimum absolute atomic E-state index is 0.326. The molecule has 0 saturated carbocycles. The van der Waals surface area contributed by atoms with Crippen LogP contribution in [-0.2, 0) is 13.1 Å². The number of likely N-dealkylation sites (tertiary alicyclic amines) is 1. The van der Waals surface area contributed by atoms with Crippen molar-refractivity contribution in [3.8, 4) is 6.07 Å². The Morgan fingerprint density at radius 2 is 1.72 bits per heavy atom. The van der Waals surface area contributed by atoms with Gasteiger partial charge in [0.15, 0.2) is 11.5 Å². The quantitative estimate of drug-likeness (QED) is 0.907. The summed E-state index contributed by atoms with van der Waals surface area (Å²) in [6, 6.07) is 10.7. The van der Waals surface area contributed by atoms with Gasteiger partial charge in [0.25, 0.3) is 0 Å². The predicted molar refractivity (Wildman–Crippen MR) is 98.7 cm³/mol. The highest BCUT2D eigenvalue weighted by atomic mass is 15.1. The van der Waals surface area contributed by atoms with E-state index in [0.717, 1.165) is 18.4 Å². The number of hydrogen-bond donors (Lipinski definition) is 1. The Hall–Kier alpha value is -2.45. The summed E-state index contributed by atoms with van der Waals surface area (Å²) in [7, 11) is 0. The molecule has 130 valence electrons. The maximum atomic E-state index is 9.05. The third-order valence-electron chi connectivity index (χ3n) is 4.64. The fourth-order valence-electron chi connectivity index (χ4n) is 3.68. The van der Waals surface area contributed by atoms with Gasteiger partial charge >= 0.3 is 0 Å². The number of nitriles is 1. The van der Waals surface area contributed by atoms with Gasteiger partial charge < -0.3 is 5.32 Å². The first kappa shape index (κ1) is 17.4. The van der Waals surface area contributed by atoms with E-state index >= 15 is 0 Å². The molecule has 1 fully saturated rings. The zero-order chi connectivity index (χ0) is 17.6. The molecule has 3 rings (SSSR count). The lowest BCUT2D eigenvalue weighted by Gasteiger charge is -2.35. The minimum Gasteiger partial charge on any atom is -0.364 e. The van der Waals surface area contributed by atoms with Gasteiger partial charge in [0.2, 0.25) is 0 Å². The van der Waals surface area contributed by atoms with Gasteiger partial charge in [0, 0.05) is 38.6 Å². The van der Waals surface area contributed by atoms with Crippen LogP contribution in [0.1, 0.15) is 37.1 Å². The van der Waals surface area contributed by atoms with Crippen molar-refractivity contribution in [1.29, 1.82) is 5.26 Å². The molecule has 2 unspecified atom stereocenters. The van der Waals surface area contributed by atoms with Gasteiger partial charge in [-0.15, -0.1) is 0 Å². The molecule has 5 heteroatoms. The molecule has 2 heterocycles. The summed E-state index contributed by atoms with van der Waals surface area (Å²) in [6.45, 7) is 8.73. The Morgan fingerprint density at radius 1 is 1.08 bits per heavy atom. The van der Waals surface area contributed by atoms with E-state index in [2.05, 4.69) is 64.4 Å². The second-order valence-electron chi connectivity index (χ2n) is 7.18. The fourth-order valence-corrected chi connectivity index (χ4v) is 3.68. The molecule has 2 atom stereocenters. The van der Waals surface area contributed by atoms with E-state index in [9.17, 15) is 0 Å². The lowest BCUT2D eigenvalue weighted by Crippen LogP contribution is -2.38. The lowest BCUT2D eigenvalue weighted by molar-refractivity contribution is 0.134. The highest BCUT2D eigenvalue weighted by Crippen LogP contribution is 2.22. The SMILES string of the molecule is CC1CC(C)CN(Cc2ccc(CNc3nccnc3C#N)cc2)C1. The maximum absolute atomic E-state index is 9.05. The topological polar surface area (TPSA) is 64.8 Å². The van der Waals surface area contributed by atoms with Crippen LogP contribution in [0.25, 0.3) is 0 Å². The normalized spacial score (nSPS) is 20.8. The van der Waals surface area contributed by atoms with Crippen LogP contribution in [0.4, 0.5) is 5.82 Å². The van der Waals surface area contributed by atoms with Gasteiger partial charge in [0.05, 0.1) is 0 Å². The molecule has 1 aromatic heterocycles. The third-order valence-corrected chi connectivity index (χ3v) is 4.64. The lowest BCUT2D eigenvalue weighted by atomic mass is 9.91. The summed E-state index contributed by atoms with van der Waals surface area (Å²) in [6.07, 6.45) is 4.46. The van der Waals surface area contributed by atoms with E-state index < -0.39 is 0 Å². The number of aromatic nitrogens is 2. The summed E-state index contributed by atoms with van der Waals surface area (Å²) in [5, 5.41) is 12.2. The standard InChI is InChI=1S/C20H25N5/c1-15-9-16(2)13-25(12-15)14-18-5-3-17(4-6-18)11-24-20-19(10-21)22-7-8-23-20/h3-8,15-16H,9,11-14H2,1-2H3,(H,23,24). The summed E-state index contributed by atoms with van der Waals surface area (Å²) < 4.78 is 0. The number of rotatable bonds is 5. The van der Waals surface area contributed by atoms with Crippen LogP contribution in [0.15, 0.2) is 36.7 Å². The van der Waals surface area contributed by atoms with Crippen molar-refractivity contribution in [2.24, 2.45) is 11.8 Å². The summed E-state index contributed by atoms with van der Waals surface area (Å²) in [4.78, 5) is 10.7. The molecule has 0 bridgehead atoms. The van der Waals surface area contributed by atoms with Gasteiger partial charge in [-0.2, -0.15) is 5.26 Å². The molecular formula is C20H25N5. The van der Waals surface area contributed by atoms with E-state index in [1.807, 2.05) is 0 Å². The predicted octanol–water partition coefficient (Wildman–Crippen LogP) is 3.44. The maximum Gasteiger partial charge on any atom is 0.182 e. The van der Waals surface area contributed by atoms with Crippen molar-refractivity contribution >= 4 is 5.82 Å². The molecule has 2 aromatic rings. The van der Waals surface area contributed by atoms with E-state index in [1.165, 1.54) is 36.8 Å². The van der Waals surface area contributed by atoms with Crippen LogP contribution < -0.4 is 5.32 Å². The first-order valence-corrected chi connectivity index (χ1v) is 8.89. The van der Waals surface area contributed by atoms with Crippen molar-refractivity contribution < 1.29 is 0 Å². The summed E-state index contributed by atoms with van der Waals surface area (Å²) >= 11 is 0. The number of nitrogens with one attached hydrogen (secondary N) is 1. The Bertz CT molecular complexity index is 724. The highest BCUT2D eigenvalue weighted by molar-refractivity contribution is 5.47. The van der Waals surface area contributed by atoms with Crippen molar-refractivity contribution in [3.05, 3.63) is 53.5 Å². The Morgan fingerprint density at radius 3 is 2.40 bits per heavy atom. The Kier molecular flexibility index (Phi) is 5.62. The molecule has 0 radical (unpaired) electrons. The third kappa shape index (κ3) is 4.77. The summed E-state index contributed by atoms with van der Waals surface area (Å²) in [5.74, 6) is 2.10. The second-order valence-corrected chi connectivity index (χ2v) is 7.18. The largest absolute Gasteiger partial charge is 0.364 e. The molecular weight excluding hydrogens is 310 g/mol. The molecule has 0 spiro atoms. The number of benzene rings is 1. The first-order valence-electron chi connectivity index (χ1n) is 8.89. The van der Waals surface area contributed by atoms with Gasteiger partial charge in [-0.1, -0.05) is 38.1 Å². The molecule has 1 aromatic carbocycles. The zero-order valence-corrected chi connectivity index (χ0v) is 14.9. The molecule has 25 heavy (non-hydrogen) atoms. The molecule has 0 aliphatic carbocycles. The average molecular weight is 335 g/mol. The monoisotopic (exact) mass is 335 g/mol. The van der Waals surface area contributed by atoms with Crippen LogP contribution >= 0.6 is 0 Å². The van der Waals surface area contributed by atoms with Crippen molar-refractivity contribution in [2.45, 2.75) is 33.4 Å². The van der Waals surface area contributed by atoms with Crippen LogP contribution in [0, 0.1) is 23.2 Å². The van der Waals surface area contributed by atoms with Crippen molar-refractivity contribution in [1.82, 2.24) is 14.9 Å². The first-order chi connectivity index (χ1) is 12.1. The number of anilines is 1. The van der Waals surface area contributed by atoms with Crippen molar-refractivity contribution in [3.63, 3.8) is 0 Å². The smallest absolute Gasteiger partial charge is 0.182 e. The minimum atomic E-state index is 0.326. The molecule has 1 saturated heterocycles. The Balaban J connectivity index is 1.56. The number of piperidine rings is 1. The molecule has 1 aliphatic heterocycles. The van der Waals surface area contributed by atoms with Gasteiger partial charge in [0.1, 0.15) is 6.07 Å². The average Bonchev–Trinajstić information content (AvgIpc) is 2.60. The number of nitrogens with zero attached hydrogens (tertiary/aromatic N) is 4. The highest BCUT2D eigenvalue weighted by Gasteiger charge is 2.21. The molecule has 1 N–H and O–H groups in total. The van der Waals surface area contributed by atoms with Crippen LogP contribution in [-0.4, -0.2) is 28.0 Å². The second kappa shape index (κ2) is 8.09. The van der Waals surface area contributed by atoms with Crippen LogP contribution in [0.2, 0.25) is 0 Å². The summed E-state index contributed by atoms with van der Waals surface area (Å²) in [5.41, 5.74) is 2.84.